The van der Waals surface area contributed by atoms with E-state index in [1.54, 1.807) is 13.2 Å². The van der Waals surface area contributed by atoms with Crippen LogP contribution in [-0.2, 0) is 9.47 Å². The van der Waals surface area contributed by atoms with E-state index in [0.29, 0.717) is 37.9 Å². The molecule has 0 unspecified atom stereocenters. The number of carboxylic acids is 1. The summed E-state index contributed by atoms with van der Waals surface area (Å²) in [6.45, 7) is 2.11. The third-order valence-electron chi connectivity index (χ3n) is 2.53. The second-order valence-electron chi connectivity index (χ2n) is 3.98. The highest BCUT2D eigenvalue weighted by molar-refractivity contribution is 5.88. The van der Waals surface area contributed by atoms with Crippen LogP contribution >= 0.6 is 0 Å². The first-order valence-corrected chi connectivity index (χ1v) is 6.30. The van der Waals surface area contributed by atoms with Gasteiger partial charge in [-0.15, -0.1) is 0 Å². The Morgan fingerprint density at radius 2 is 1.90 bits per heavy atom. The smallest absolute Gasteiger partial charge is 0.335 e. The summed E-state index contributed by atoms with van der Waals surface area (Å²) in [5.74, 6) is -0.112. The second-order valence-corrected chi connectivity index (χ2v) is 3.98. The molecule has 1 aromatic carbocycles. The van der Waals surface area contributed by atoms with Crippen LogP contribution in [0.15, 0.2) is 18.2 Å². The van der Waals surface area contributed by atoms with Gasteiger partial charge in [0.05, 0.1) is 19.3 Å². The third kappa shape index (κ3) is 5.46. The Morgan fingerprint density at radius 3 is 2.55 bits per heavy atom. The van der Waals surface area contributed by atoms with Crippen LogP contribution in [-0.4, -0.2) is 51.7 Å². The molecule has 0 heterocycles. The zero-order valence-corrected chi connectivity index (χ0v) is 11.8. The van der Waals surface area contributed by atoms with Crippen molar-refractivity contribution in [2.45, 2.75) is 6.42 Å². The summed E-state index contributed by atoms with van der Waals surface area (Å²) in [5.41, 5.74) is 0.157. The van der Waals surface area contributed by atoms with Gasteiger partial charge in [0.15, 0.2) is 11.5 Å². The van der Waals surface area contributed by atoms with Crippen LogP contribution in [0.5, 0.6) is 11.5 Å². The number of aromatic carboxylic acids is 1. The molecule has 0 amide bonds. The lowest BCUT2D eigenvalue weighted by Gasteiger charge is -2.11. The Hall–Kier alpha value is -1.79. The molecule has 0 aliphatic heterocycles. The Bertz CT molecular complexity index is 418. The average Bonchev–Trinajstić information content (AvgIpc) is 2.46. The normalized spacial score (nSPS) is 10.3. The first kappa shape index (κ1) is 16.3. The Kier molecular flexibility index (Phi) is 7.46. The number of carboxylic acid groups (broad SMARTS) is 1. The maximum atomic E-state index is 10.8. The van der Waals surface area contributed by atoms with Gasteiger partial charge in [0, 0.05) is 20.3 Å². The molecular weight excluding hydrogens is 264 g/mol. The van der Waals surface area contributed by atoms with Crippen molar-refractivity contribution in [2.24, 2.45) is 0 Å². The molecule has 1 rings (SSSR count). The second kappa shape index (κ2) is 9.17. The number of methoxy groups -OCH3 is 2. The molecule has 0 saturated carbocycles. The molecule has 0 aromatic heterocycles. The highest BCUT2D eigenvalue weighted by Crippen LogP contribution is 2.27. The van der Waals surface area contributed by atoms with Gasteiger partial charge in [-0.05, 0) is 24.6 Å². The first-order chi connectivity index (χ1) is 9.69. The van der Waals surface area contributed by atoms with Gasteiger partial charge < -0.3 is 24.1 Å². The van der Waals surface area contributed by atoms with Crippen LogP contribution in [0.1, 0.15) is 16.8 Å². The van der Waals surface area contributed by atoms with E-state index in [4.69, 9.17) is 24.1 Å². The molecule has 0 spiro atoms. The number of hydrogen-bond donors (Lipinski definition) is 1. The molecule has 0 radical (unpaired) electrons. The van der Waals surface area contributed by atoms with Crippen LogP contribution in [0.3, 0.4) is 0 Å². The lowest BCUT2D eigenvalue weighted by molar-refractivity contribution is 0.0695. The van der Waals surface area contributed by atoms with Crippen molar-refractivity contribution in [3.05, 3.63) is 23.8 Å². The standard InChI is InChI=1S/C14H20O6/c1-17-6-3-7-19-8-9-20-12-5-4-11(14(15)16)10-13(12)18-2/h4-5,10H,3,6-9H2,1-2H3,(H,15,16). The van der Waals surface area contributed by atoms with Crippen molar-refractivity contribution in [1.82, 2.24) is 0 Å². The summed E-state index contributed by atoms with van der Waals surface area (Å²) in [6.07, 6.45) is 0.840. The number of benzene rings is 1. The molecule has 112 valence electrons. The molecule has 6 nitrogen and oxygen atoms in total. The number of ether oxygens (including phenoxy) is 4. The SMILES string of the molecule is COCCCOCCOc1ccc(C(=O)O)cc1OC. The van der Waals surface area contributed by atoms with Crippen molar-refractivity contribution in [2.75, 3.05) is 40.6 Å². The van der Waals surface area contributed by atoms with Crippen molar-refractivity contribution in [1.29, 1.82) is 0 Å². The number of carbonyl (C=O) groups is 1. The lowest BCUT2D eigenvalue weighted by atomic mass is 10.2. The fourth-order valence-electron chi connectivity index (χ4n) is 1.54. The van der Waals surface area contributed by atoms with E-state index in [9.17, 15) is 4.79 Å². The molecule has 0 aliphatic rings. The Morgan fingerprint density at radius 1 is 1.10 bits per heavy atom. The molecular formula is C14H20O6. The number of hydrogen-bond acceptors (Lipinski definition) is 5. The van der Waals surface area contributed by atoms with Gasteiger partial charge in [-0.1, -0.05) is 0 Å². The summed E-state index contributed by atoms with van der Waals surface area (Å²) in [6, 6.07) is 4.48. The van der Waals surface area contributed by atoms with Crippen LogP contribution in [0.4, 0.5) is 0 Å². The molecule has 1 N–H and O–H groups in total. The molecule has 1 aromatic rings. The van der Waals surface area contributed by atoms with Crippen LogP contribution in [0.2, 0.25) is 0 Å². The van der Waals surface area contributed by atoms with Gasteiger partial charge in [-0.3, -0.25) is 0 Å². The van der Waals surface area contributed by atoms with E-state index in [-0.39, 0.29) is 5.56 Å². The summed E-state index contributed by atoms with van der Waals surface area (Å²) in [5, 5.41) is 8.89. The van der Waals surface area contributed by atoms with E-state index in [0.717, 1.165) is 6.42 Å². The van der Waals surface area contributed by atoms with Crippen LogP contribution < -0.4 is 9.47 Å². The van der Waals surface area contributed by atoms with Crippen molar-refractivity contribution >= 4 is 5.97 Å². The quantitative estimate of drug-likeness (QED) is 0.661. The van der Waals surface area contributed by atoms with E-state index in [1.807, 2.05) is 0 Å². The fraction of sp³-hybridized carbons (Fsp3) is 0.500. The van der Waals surface area contributed by atoms with Crippen molar-refractivity contribution < 1.29 is 28.8 Å². The van der Waals surface area contributed by atoms with E-state index in [1.165, 1.54) is 19.2 Å². The lowest BCUT2D eigenvalue weighted by Crippen LogP contribution is -2.09. The molecule has 20 heavy (non-hydrogen) atoms. The van der Waals surface area contributed by atoms with Crippen LogP contribution in [0, 0.1) is 0 Å². The molecule has 0 bridgehead atoms. The predicted molar refractivity (Wildman–Crippen MR) is 72.8 cm³/mol. The molecule has 6 heteroatoms. The monoisotopic (exact) mass is 284 g/mol. The zero-order valence-electron chi connectivity index (χ0n) is 11.8. The Labute approximate surface area is 118 Å². The van der Waals surface area contributed by atoms with Crippen molar-refractivity contribution in [3.63, 3.8) is 0 Å². The molecule has 0 aliphatic carbocycles. The van der Waals surface area contributed by atoms with E-state index in [2.05, 4.69) is 0 Å². The fourth-order valence-corrected chi connectivity index (χ4v) is 1.54. The van der Waals surface area contributed by atoms with E-state index >= 15 is 0 Å². The number of rotatable bonds is 10. The summed E-state index contributed by atoms with van der Waals surface area (Å²) in [4.78, 5) is 10.8. The highest BCUT2D eigenvalue weighted by Gasteiger charge is 2.09. The van der Waals surface area contributed by atoms with Gasteiger partial charge >= 0.3 is 5.97 Å². The predicted octanol–water partition coefficient (Wildman–Crippen LogP) is 1.83. The first-order valence-electron chi connectivity index (χ1n) is 6.30. The molecule has 0 atom stereocenters. The minimum absolute atomic E-state index is 0.157. The average molecular weight is 284 g/mol. The van der Waals surface area contributed by atoms with Gasteiger partial charge in [0.2, 0.25) is 0 Å². The Balaban J connectivity index is 2.38. The van der Waals surface area contributed by atoms with Crippen molar-refractivity contribution in [3.8, 4) is 11.5 Å². The highest BCUT2D eigenvalue weighted by atomic mass is 16.5. The minimum Gasteiger partial charge on any atom is -0.493 e. The maximum Gasteiger partial charge on any atom is 0.335 e. The zero-order chi connectivity index (χ0) is 14.8. The van der Waals surface area contributed by atoms with Gasteiger partial charge in [-0.25, -0.2) is 4.79 Å². The van der Waals surface area contributed by atoms with Crippen LogP contribution in [0.25, 0.3) is 0 Å². The molecule has 0 fully saturated rings. The third-order valence-corrected chi connectivity index (χ3v) is 2.53. The van der Waals surface area contributed by atoms with Gasteiger partial charge in [-0.2, -0.15) is 0 Å². The maximum absolute atomic E-state index is 10.8. The largest absolute Gasteiger partial charge is 0.493 e. The topological polar surface area (TPSA) is 74.2 Å². The van der Waals surface area contributed by atoms with Gasteiger partial charge in [0.25, 0.3) is 0 Å². The van der Waals surface area contributed by atoms with Gasteiger partial charge in [0.1, 0.15) is 6.61 Å². The minimum atomic E-state index is -1.00. The summed E-state index contributed by atoms with van der Waals surface area (Å²) < 4.78 is 20.9. The summed E-state index contributed by atoms with van der Waals surface area (Å²) in [7, 11) is 3.12. The molecule has 0 saturated heterocycles. The van der Waals surface area contributed by atoms with E-state index < -0.39 is 5.97 Å². The summed E-state index contributed by atoms with van der Waals surface area (Å²) >= 11 is 0.